The van der Waals surface area contributed by atoms with E-state index in [0.29, 0.717) is 11.7 Å². The number of hydrogen-bond acceptors (Lipinski definition) is 5. The van der Waals surface area contributed by atoms with Crippen LogP contribution in [0.5, 0.6) is 5.75 Å². The van der Waals surface area contributed by atoms with Crippen molar-refractivity contribution in [2.24, 2.45) is 0 Å². The molecule has 3 rings (SSSR count). The highest BCUT2D eigenvalue weighted by Crippen LogP contribution is 2.26. The van der Waals surface area contributed by atoms with Crippen LogP contribution in [0.4, 0.5) is 0 Å². The zero-order valence-corrected chi connectivity index (χ0v) is 12.9. The molecule has 22 heavy (non-hydrogen) atoms. The molecule has 1 aromatic carbocycles. The molecule has 0 N–H and O–H groups in total. The summed E-state index contributed by atoms with van der Waals surface area (Å²) in [5.41, 5.74) is 2.06. The molecule has 0 radical (unpaired) electrons. The summed E-state index contributed by atoms with van der Waals surface area (Å²) in [5, 5.41) is 3.91. The number of ether oxygens (including phenoxy) is 1. The number of nitrogens with zero attached hydrogens (tertiary/aromatic N) is 2. The lowest BCUT2D eigenvalue weighted by Crippen LogP contribution is -2.11. The molecule has 0 unspecified atom stereocenters. The summed E-state index contributed by atoms with van der Waals surface area (Å²) < 4.78 is 15.9. The molecular formula is C17H18N2O3. The maximum atomic E-state index is 5.75. The SMILES string of the molecule is CC(C)(C)c1cccc(OCc2noc(-c3ccoc3)n2)c1. The Bertz CT molecular complexity index is 739. The van der Waals surface area contributed by atoms with E-state index in [1.165, 1.54) is 5.56 Å². The first-order valence-electron chi connectivity index (χ1n) is 7.11. The fourth-order valence-electron chi connectivity index (χ4n) is 2.02. The normalized spacial score (nSPS) is 11.6. The van der Waals surface area contributed by atoms with Crippen LogP contribution in [0.15, 0.2) is 51.8 Å². The number of aromatic nitrogens is 2. The van der Waals surface area contributed by atoms with Crippen molar-refractivity contribution in [2.75, 3.05) is 0 Å². The lowest BCUT2D eigenvalue weighted by Gasteiger charge is -2.19. The Morgan fingerprint density at radius 2 is 2.05 bits per heavy atom. The van der Waals surface area contributed by atoms with E-state index >= 15 is 0 Å². The van der Waals surface area contributed by atoms with Crippen LogP contribution in [-0.2, 0) is 12.0 Å². The van der Waals surface area contributed by atoms with Gasteiger partial charge in [0.15, 0.2) is 6.61 Å². The number of hydrogen-bond donors (Lipinski definition) is 0. The Kier molecular flexibility index (Phi) is 3.71. The summed E-state index contributed by atoms with van der Waals surface area (Å²) in [6.07, 6.45) is 3.12. The van der Waals surface area contributed by atoms with Crippen molar-refractivity contribution in [3.63, 3.8) is 0 Å². The molecule has 0 aliphatic carbocycles. The highest BCUT2D eigenvalue weighted by atomic mass is 16.5. The van der Waals surface area contributed by atoms with Crippen molar-refractivity contribution >= 4 is 0 Å². The first-order chi connectivity index (χ1) is 10.5. The van der Waals surface area contributed by atoms with Gasteiger partial charge in [-0.3, -0.25) is 0 Å². The largest absolute Gasteiger partial charge is 0.485 e. The fraction of sp³-hybridized carbons (Fsp3) is 0.294. The van der Waals surface area contributed by atoms with Gasteiger partial charge in [0, 0.05) is 0 Å². The van der Waals surface area contributed by atoms with Crippen LogP contribution in [0.2, 0.25) is 0 Å². The summed E-state index contributed by atoms with van der Waals surface area (Å²) in [5.74, 6) is 1.72. The molecule has 5 heteroatoms. The van der Waals surface area contributed by atoms with Gasteiger partial charge in [-0.05, 0) is 29.2 Å². The molecule has 0 bridgehead atoms. The van der Waals surface area contributed by atoms with Gasteiger partial charge in [-0.25, -0.2) is 0 Å². The molecule has 114 valence electrons. The predicted molar refractivity (Wildman–Crippen MR) is 81.5 cm³/mol. The third-order valence-corrected chi connectivity index (χ3v) is 3.30. The third kappa shape index (κ3) is 3.19. The van der Waals surface area contributed by atoms with Crippen LogP contribution in [0.25, 0.3) is 11.5 Å². The molecule has 0 aliphatic heterocycles. The highest BCUT2D eigenvalue weighted by Gasteiger charge is 2.14. The molecule has 5 nitrogen and oxygen atoms in total. The van der Waals surface area contributed by atoms with E-state index in [9.17, 15) is 0 Å². The van der Waals surface area contributed by atoms with Crippen molar-refractivity contribution < 1.29 is 13.7 Å². The molecular weight excluding hydrogens is 280 g/mol. The van der Waals surface area contributed by atoms with Crippen LogP contribution in [0.3, 0.4) is 0 Å². The molecule has 0 saturated carbocycles. The summed E-state index contributed by atoms with van der Waals surface area (Å²) in [4.78, 5) is 4.28. The summed E-state index contributed by atoms with van der Waals surface area (Å²) >= 11 is 0. The van der Waals surface area contributed by atoms with E-state index in [1.54, 1.807) is 18.6 Å². The number of benzene rings is 1. The van der Waals surface area contributed by atoms with Crippen LogP contribution < -0.4 is 4.74 Å². The van der Waals surface area contributed by atoms with Gasteiger partial charge in [-0.2, -0.15) is 4.98 Å². The lowest BCUT2D eigenvalue weighted by molar-refractivity contribution is 0.286. The minimum atomic E-state index is 0.0833. The quantitative estimate of drug-likeness (QED) is 0.722. The van der Waals surface area contributed by atoms with Crippen LogP contribution in [0, 0.1) is 0 Å². The van der Waals surface area contributed by atoms with Crippen LogP contribution in [-0.4, -0.2) is 10.1 Å². The monoisotopic (exact) mass is 298 g/mol. The first-order valence-corrected chi connectivity index (χ1v) is 7.11. The van der Waals surface area contributed by atoms with E-state index in [-0.39, 0.29) is 12.0 Å². The number of rotatable bonds is 4. The Morgan fingerprint density at radius 3 is 2.77 bits per heavy atom. The maximum Gasteiger partial charge on any atom is 0.261 e. The smallest absolute Gasteiger partial charge is 0.261 e. The van der Waals surface area contributed by atoms with Crippen LogP contribution in [0.1, 0.15) is 32.2 Å². The molecule has 0 aliphatic rings. The minimum absolute atomic E-state index is 0.0833. The molecule has 2 aromatic heterocycles. The standard InChI is InChI=1S/C17H18N2O3/c1-17(2,3)13-5-4-6-14(9-13)21-11-15-18-16(22-19-15)12-7-8-20-10-12/h4-10H,11H2,1-3H3. The minimum Gasteiger partial charge on any atom is -0.485 e. The zero-order valence-electron chi connectivity index (χ0n) is 12.9. The van der Waals surface area contributed by atoms with Crippen molar-refractivity contribution in [3.05, 3.63) is 54.2 Å². The fourth-order valence-corrected chi connectivity index (χ4v) is 2.02. The Labute approximate surface area is 128 Å². The van der Waals surface area contributed by atoms with Gasteiger partial charge in [0.25, 0.3) is 5.89 Å². The van der Waals surface area contributed by atoms with Crippen molar-refractivity contribution in [3.8, 4) is 17.2 Å². The van der Waals surface area contributed by atoms with Crippen molar-refractivity contribution in [2.45, 2.75) is 32.8 Å². The second kappa shape index (κ2) is 5.67. The van der Waals surface area contributed by atoms with E-state index in [4.69, 9.17) is 13.7 Å². The van der Waals surface area contributed by atoms with Gasteiger partial charge in [-0.1, -0.05) is 38.1 Å². The van der Waals surface area contributed by atoms with E-state index < -0.39 is 0 Å². The molecule has 2 heterocycles. The Morgan fingerprint density at radius 1 is 1.18 bits per heavy atom. The Hall–Kier alpha value is -2.56. The van der Waals surface area contributed by atoms with E-state index in [2.05, 4.69) is 37.0 Å². The second-order valence-electron chi connectivity index (χ2n) is 6.09. The van der Waals surface area contributed by atoms with Gasteiger partial charge in [0.05, 0.1) is 11.8 Å². The summed E-state index contributed by atoms with van der Waals surface area (Å²) in [6.45, 7) is 6.77. The molecule has 0 saturated heterocycles. The second-order valence-corrected chi connectivity index (χ2v) is 6.09. The van der Waals surface area contributed by atoms with Gasteiger partial charge < -0.3 is 13.7 Å². The molecule has 3 aromatic rings. The van der Waals surface area contributed by atoms with E-state index in [0.717, 1.165) is 11.3 Å². The average molecular weight is 298 g/mol. The highest BCUT2D eigenvalue weighted by molar-refractivity contribution is 5.49. The molecule has 0 fully saturated rings. The zero-order chi connectivity index (χ0) is 15.6. The van der Waals surface area contributed by atoms with Gasteiger partial charge in [-0.15, -0.1) is 0 Å². The lowest BCUT2D eigenvalue weighted by atomic mass is 9.87. The molecule has 0 atom stereocenters. The average Bonchev–Trinajstić information content (AvgIpc) is 3.15. The molecule has 0 amide bonds. The van der Waals surface area contributed by atoms with Gasteiger partial charge in [0.1, 0.15) is 12.0 Å². The first kappa shape index (κ1) is 14.4. The van der Waals surface area contributed by atoms with Crippen LogP contribution >= 0.6 is 0 Å². The molecule has 0 spiro atoms. The van der Waals surface area contributed by atoms with Crippen molar-refractivity contribution in [1.29, 1.82) is 0 Å². The number of furan rings is 1. The third-order valence-electron chi connectivity index (χ3n) is 3.30. The summed E-state index contributed by atoms with van der Waals surface area (Å²) in [6, 6.07) is 9.82. The van der Waals surface area contributed by atoms with Gasteiger partial charge >= 0.3 is 0 Å². The predicted octanol–water partition coefficient (Wildman–Crippen LogP) is 4.21. The maximum absolute atomic E-state index is 5.75. The van der Waals surface area contributed by atoms with Gasteiger partial charge in [0.2, 0.25) is 5.82 Å². The Balaban J connectivity index is 1.68. The topological polar surface area (TPSA) is 61.3 Å². The van der Waals surface area contributed by atoms with E-state index in [1.807, 2.05) is 18.2 Å². The summed E-state index contributed by atoms with van der Waals surface area (Å²) in [7, 11) is 0. The van der Waals surface area contributed by atoms with Crippen molar-refractivity contribution in [1.82, 2.24) is 10.1 Å².